The first-order chi connectivity index (χ1) is 12.2. The summed E-state index contributed by atoms with van der Waals surface area (Å²) < 4.78 is 6.10. The Morgan fingerprint density at radius 3 is 3.12 bits per heavy atom. The van der Waals surface area contributed by atoms with E-state index in [4.69, 9.17) is 4.74 Å². The van der Waals surface area contributed by atoms with Gasteiger partial charge in [0.2, 0.25) is 0 Å². The Morgan fingerprint density at radius 1 is 1.44 bits per heavy atom. The molecule has 0 bridgehead atoms. The van der Waals surface area contributed by atoms with Crippen LogP contribution < -0.4 is 5.32 Å². The van der Waals surface area contributed by atoms with Crippen molar-refractivity contribution in [2.45, 2.75) is 38.5 Å². The number of fused-ring (bicyclic) bond motifs is 1. The van der Waals surface area contributed by atoms with Crippen LogP contribution in [0.4, 0.5) is 5.69 Å². The van der Waals surface area contributed by atoms with Crippen molar-refractivity contribution >= 4 is 22.9 Å². The molecule has 3 atom stereocenters. The number of piperidine rings is 1. The van der Waals surface area contributed by atoms with Crippen LogP contribution in [0.2, 0.25) is 0 Å². The summed E-state index contributed by atoms with van der Waals surface area (Å²) in [6.45, 7) is 5.13. The molecule has 4 rings (SSSR count). The van der Waals surface area contributed by atoms with E-state index >= 15 is 0 Å². The molecule has 0 aromatic carbocycles. The topological polar surface area (TPSA) is 54.5 Å². The minimum absolute atomic E-state index is 0.0529. The van der Waals surface area contributed by atoms with Crippen molar-refractivity contribution in [3.05, 3.63) is 46.4 Å². The predicted octanol–water partition coefficient (Wildman–Crippen LogP) is 3.07. The zero-order valence-electron chi connectivity index (χ0n) is 14.4. The van der Waals surface area contributed by atoms with Gasteiger partial charge in [-0.05, 0) is 56.5 Å². The summed E-state index contributed by atoms with van der Waals surface area (Å²) in [6, 6.07) is 8.05. The number of carbonyl (C=O) groups excluding carboxylic acids is 1. The van der Waals surface area contributed by atoms with Gasteiger partial charge < -0.3 is 10.1 Å². The van der Waals surface area contributed by atoms with E-state index in [1.807, 2.05) is 23.5 Å². The van der Waals surface area contributed by atoms with Crippen molar-refractivity contribution in [1.82, 2.24) is 9.88 Å². The minimum Gasteiger partial charge on any atom is -0.364 e. The Hall–Kier alpha value is -1.76. The smallest absolute Gasteiger partial charge is 0.253 e. The van der Waals surface area contributed by atoms with Crippen LogP contribution in [0, 0.1) is 12.8 Å². The molecule has 2 saturated heterocycles. The molecule has 0 spiro atoms. The summed E-state index contributed by atoms with van der Waals surface area (Å²) in [7, 11) is 0. The lowest BCUT2D eigenvalue weighted by molar-refractivity contribution is -0.127. The number of amides is 1. The molecule has 5 nitrogen and oxygen atoms in total. The van der Waals surface area contributed by atoms with Crippen molar-refractivity contribution in [2.24, 2.45) is 5.92 Å². The van der Waals surface area contributed by atoms with Gasteiger partial charge in [-0.2, -0.15) is 0 Å². The molecule has 0 aliphatic carbocycles. The van der Waals surface area contributed by atoms with Gasteiger partial charge in [-0.1, -0.05) is 0 Å². The number of ether oxygens (including phenoxy) is 1. The molecular weight excluding hydrogens is 334 g/mol. The average Bonchev–Trinajstić information content (AvgIpc) is 3.21. The maximum atomic E-state index is 12.5. The number of nitrogens with zero attached hydrogens (tertiary/aromatic N) is 2. The molecule has 0 radical (unpaired) electrons. The number of rotatable bonds is 4. The Balaban J connectivity index is 1.33. The van der Waals surface area contributed by atoms with Gasteiger partial charge in [-0.15, -0.1) is 11.3 Å². The fourth-order valence-corrected chi connectivity index (χ4v) is 4.69. The maximum Gasteiger partial charge on any atom is 0.253 e. The molecule has 4 heterocycles. The van der Waals surface area contributed by atoms with Crippen molar-refractivity contribution in [3.8, 4) is 0 Å². The van der Waals surface area contributed by atoms with Gasteiger partial charge in [-0.25, -0.2) is 0 Å². The fourth-order valence-electron chi connectivity index (χ4n) is 3.76. The third-order valence-corrected chi connectivity index (χ3v) is 6.02. The molecule has 1 N–H and O–H groups in total. The largest absolute Gasteiger partial charge is 0.364 e. The molecule has 2 aromatic heterocycles. The Labute approximate surface area is 152 Å². The highest BCUT2D eigenvalue weighted by atomic mass is 32.1. The minimum atomic E-state index is -0.348. The quantitative estimate of drug-likeness (QED) is 0.914. The van der Waals surface area contributed by atoms with Crippen molar-refractivity contribution in [3.63, 3.8) is 0 Å². The molecule has 0 unspecified atom stereocenters. The molecule has 2 aromatic rings. The second-order valence-corrected chi connectivity index (χ2v) is 8.30. The van der Waals surface area contributed by atoms with Gasteiger partial charge in [0, 0.05) is 29.0 Å². The van der Waals surface area contributed by atoms with Gasteiger partial charge in [0.15, 0.2) is 0 Å². The number of hydrogen-bond acceptors (Lipinski definition) is 5. The normalized spacial score (nSPS) is 26.4. The lowest BCUT2D eigenvalue weighted by Gasteiger charge is -2.33. The SMILES string of the molecule is Cc1ccc(CN2CC[C@H]3C[C@@H](C(=O)Nc4cccnc4)O[C@H]3C2)s1. The number of thiophene rings is 1. The molecule has 0 saturated carbocycles. The zero-order valence-corrected chi connectivity index (χ0v) is 15.2. The number of carbonyl (C=O) groups is 1. The van der Waals surface area contributed by atoms with E-state index in [0.29, 0.717) is 5.92 Å². The van der Waals surface area contributed by atoms with E-state index in [1.54, 1.807) is 12.4 Å². The maximum absolute atomic E-state index is 12.5. The number of likely N-dealkylation sites (tertiary alicyclic amines) is 1. The summed E-state index contributed by atoms with van der Waals surface area (Å²) in [5.41, 5.74) is 0.723. The van der Waals surface area contributed by atoms with E-state index in [9.17, 15) is 4.79 Å². The average molecular weight is 357 g/mol. The number of pyridine rings is 1. The van der Waals surface area contributed by atoms with Gasteiger partial charge in [0.1, 0.15) is 6.10 Å². The molecule has 25 heavy (non-hydrogen) atoms. The van der Waals surface area contributed by atoms with E-state index in [-0.39, 0.29) is 18.1 Å². The number of anilines is 1. The molecule has 2 aliphatic heterocycles. The molecule has 132 valence electrons. The Bertz CT molecular complexity index is 733. The van der Waals surface area contributed by atoms with Crippen molar-refractivity contribution in [1.29, 1.82) is 0 Å². The van der Waals surface area contributed by atoms with Gasteiger partial charge in [0.05, 0.1) is 18.0 Å². The third kappa shape index (κ3) is 3.92. The van der Waals surface area contributed by atoms with E-state index in [2.05, 4.69) is 34.3 Å². The highest BCUT2D eigenvalue weighted by Crippen LogP contribution is 2.34. The predicted molar refractivity (Wildman–Crippen MR) is 98.6 cm³/mol. The van der Waals surface area contributed by atoms with Crippen LogP contribution in [0.1, 0.15) is 22.6 Å². The lowest BCUT2D eigenvalue weighted by atomic mass is 9.91. The van der Waals surface area contributed by atoms with E-state index in [1.165, 1.54) is 9.75 Å². The number of aromatic nitrogens is 1. The first-order valence-corrected chi connectivity index (χ1v) is 9.63. The van der Waals surface area contributed by atoms with Crippen LogP contribution in [-0.4, -0.2) is 41.1 Å². The van der Waals surface area contributed by atoms with Crippen LogP contribution in [0.5, 0.6) is 0 Å². The summed E-state index contributed by atoms with van der Waals surface area (Å²) in [5, 5.41) is 2.91. The summed E-state index contributed by atoms with van der Waals surface area (Å²) in [5.74, 6) is 0.439. The molecular formula is C19H23N3O2S. The van der Waals surface area contributed by atoms with Crippen LogP contribution in [-0.2, 0) is 16.1 Å². The molecule has 6 heteroatoms. The Morgan fingerprint density at radius 2 is 2.36 bits per heavy atom. The van der Waals surface area contributed by atoms with Gasteiger partial charge in [0.25, 0.3) is 5.91 Å². The summed E-state index contributed by atoms with van der Waals surface area (Å²) >= 11 is 1.86. The van der Waals surface area contributed by atoms with E-state index < -0.39 is 0 Å². The van der Waals surface area contributed by atoms with Crippen molar-refractivity contribution < 1.29 is 9.53 Å². The number of hydrogen-bond donors (Lipinski definition) is 1. The lowest BCUT2D eigenvalue weighted by Crippen LogP contribution is -2.41. The monoisotopic (exact) mass is 357 g/mol. The molecule has 1 amide bonds. The standard InChI is InChI=1S/C19H23N3O2S/c1-13-4-5-16(25-13)11-22-8-6-14-9-17(24-18(14)12-22)19(23)21-15-3-2-7-20-10-15/h2-5,7,10,14,17-18H,6,8-9,11-12H2,1H3,(H,21,23)/t14-,17-,18-/m0/s1. The number of nitrogens with one attached hydrogen (secondary N) is 1. The zero-order chi connectivity index (χ0) is 17.2. The van der Waals surface area contributed by atoms with Crippen LogP contribution in [0.3, 0.4) is 0 Å². The summed E-state index contributed by atoms with van der Waals surface area (Å²) in [4.78, 5) is 21.7. The van der Waals surface area contributed by atoms with Gasteiger partial charge in [-0.3, -0.25) is 14.7 Å². The number of aryl methyl sites for hydroxylation is 1. The van der Waals surface area contributed by atoms with Crippen molar-refractivity contribution in [2.75, 3.05) is 18.4 Å². The molecule has 2 fully saturated rings. The highest BCUT2D eigenvalue weighted by Gasteiger charge is 2.41. The third-order valence-electron chi connectivity index (χ3n) is 5.03. The second-order valence-electron chi connectivity index (χ2n) is 6.93. The van der Waals surface area contributed by atoms with Gasteiger partial charge >= 0.3 is 0 Å². The summed E-state index contributed by atoms with van der Waals surface area (Å²) in [6.07, 6.45) is 5.09. The molecule has 2 aliphatic rings. The van der Waals surface area contributed by atoms with Crippen LogP contribution in [0.15, 0.2) is 36.7 Å². The van der Waals surface area contributed by atoms with Crippen LogP contribution >= 0.6 is 11.3 Å². The second kappa shape index (κ2) is 7.23. The first kappa shape index (κ1) is 16.7. The first-order valence-electron chi connectivity index (χ1n) is 8.81. The van der Waals surface area contributed by atoms with E-state index in [0.717, 1.165) is 38.2 Å². The fraction of sp³-hybridized carbons (Fsp3) is 0.474. The van der Waals surface area contributed by atoms with Crippen LogP contribution in [0.25, 0.3) is 0 Å². The highest BCUT2D eigenvalue weighted by molar-refractivity contribution is 7.11. The Kier molecular flexibility index (Phi) is 4.83.